The average molecular weight is 432 g/mol. The molecular weight excluding hydrogens is 415 g/mol. The first kappa shape index (κ1) is 20.9. The van der Waals surface area contributed by atoms with Gasteiger partial charge in [0.2, 0.25) is 12.4 Å². The van der Waals surface area contributed by atoms with Gasteiger partial charge >= 0.3 is 6.18 Å². The van der Waals surface area contributed by atoms with Gasteiger partial charge in [-0.25, -0.2) is 4.98 Å². The number of carbonyl (C=O) groups excluding carboxylic acids is 1. The fourth-order valence-electron chi connectivity index (χ4n) is 2.84. The normalized spacial score (nSPS) is 17.1. The number of alkyl halides is 3. The van der Waals surface area contributed by atoms with E-state index >= 15 is 0 Å². The van der Waals surface area contributed by atoms with Crippen LogP contribution in [0.1, 0.15) is 17.2 Å². The quantitative estimate of drug-likeness (QED) is 0.625. The zero-order chi connectivity index (χ0) is 21.2. The van der Waals surface area contributed by atoms with E-state index in [1.165, 1.54) is 24.1 Å². The SMILES string of the molecule is CNc1nc(Nc2cc(O)c(C3CN(C=O)CCO3)cc2Cl)ncc1C(F)(F)F. The first-order valence-corrected chi connectivity index (χ1v) is 8.83. The summed E-state index contributed by atoms with van der Waals surface area (Å²) >= 11 is 6.25. The molecule has 1 aliphatic rings. The Morgan fingerprint density at radius 2 is 2.17 bits per heavy atom. The van der Waals surface area contributed by atoms with Crippen LogP contribution in [0.3, 0.4) is 0 Å². The molecule has 2 aromatic rings. The predicted octanol–water partition coefficient (Wildman–Crippen LogP) is 3.17. The third-order valence-corrected chi connectivity index (χ3v) is 4.60. The molecule has 12 heteroatoms. The van der Waals surface area contributed by atoms with Crippen molar-refractivity contribution in [3.8, 4) is 5.75 Å². The number of nitrogens with one attached hydrogen (secondary N) is 2. The largest absolute Gasteiger partial charge is 0.507 e. The summed E-state index contributed by atoms with van der Waals surface area (Å²) in [6, 6.07) is 2.75. The number of rotatable bonds is 5. The molecule has 0 saturated carbocycles. The van der Waals surface area contributed by atoms with Gasteiger partial charge in [-0.1, -0.05) is 11.6 Å². The first-order chi connectivity index (χ1) is 13.7. The molecule has 1 aromatic carbocycles. The first-order valence-electron chi connectivity index (χ1n) is 8.45. The smallest absolute Gasteiger partial charge is 0.421 e. The van der Waals surface area contributed by atoms with E-state index < -0.39 is 23.7 Å². The van der Waals surface area contributed by atoms with Gasteiger partial charge in [-0.3, -0.25) is 4.79 Å². The highest BCUT2D eigenvalue weighted by Gasteiger charge is 2.35. The average Bonchev–Trinajstić information content (AvgIpc) is 2.69. The summed E-state index contributed by atoms with van der Waals surface area (Å²) < 4.78 is 44.4. The molecule has 156 valence electrons. The minimum Gasteiger partial charge on any atom is -0.507 e. The highest BCUT2D eigenvalue weighted by atomic mass is 35.5. The third-order valence-electron chi connectivity index (χ3n) is 4.29. The summed E-state index contributed by atoms with van der Waals surface area (Å²) in [7, 11) is 1.31. The second kappa shape index (κ2) is 8.29. The van der Waals surface area contributed by atoms with E-state index in [0.717, 1.165) is 0 Å². The maximum atomic E-state index is 13.0. The van der Waals surface area contributed by atoms with Crippen LogP contribution in [0.4, 0.5) is 30.6 Å². The lowest BCUT2D eigenvalue weighted by Crippen LogP contribution is -2.37. The Hall–Kier alpha value is -2.79. The standard InChI is InChI=1S/C17H17ClF3N5O3/c1-22-15-10(17(19,20)21)6-23-16(25-15)24-12-5-13(28)9(4-11(12)18)14-7-26(8-27)2-3-29-14/h4-6,8,14,28H,2-3,7H2,1H3,(H2,22,23,24,25). The summed E-state index contributed by atoms with van der Waals surface area (Å²) in [5.74, 6) is -0.704. The number of phenols is 1. The molecule has 1 amide bonds. The molecule has 3 rings (SSSR count). The number of benzene rings is 1. The summed E-state index contributed by atoms with van der Waals surface area (Å²) in [4.78, 5) is 19.9. The monoisotopic (exact) mass is 431 g/mol. The van der Waals surface area contributed by atoms with Crippen molar-refractivity contribution >= 4 is 35.5 Å². The lowest BCUT2D eigenvalue weighted by molar-refractivity contribution is -0.137. The van der Waals surface area contributed by atoms with E-state index in [-0.39, 0.29) is 29.0 Å². The van der Waals surface area contributed by atoms with Crippen LogP contribution in [0.15, 0.2) is 18.3 Å². The number of halogens is 4. The maximum absolute atomic E-state index is 13.0. The van der Waals surface area contributed by atoms with Gasteiger partial charge in [0.15, 0.2) is 0 Å². The van der Waals surface area contributed by atoms with Gasteiger partial charge in [0.05, 0.1) is 23.9 Å². The van der Waals surface area contributed by atoms with Crippen LogP contribution in [0.25, 0.3) is 0 Å². The number of carbonyl (C=O) groups is 1. The fourth-order valence-corrected chi connectivity index (χ4v) is 3.06. The number of phenolic OH excluding ortho intramolecular Hbond substituents is 1. The van der Waals surface area contributed by atoms with Crippen molar-refractivity contribution in [2.45, 2.75) is 12.3 Å². The molecule has 1 aliphatic heterocycles. The van der Waals surface area contributed by atoms with E-state index in [1.54, 1.807) is 0 Å². The van der Waals surface area contributed by atoms with Gasteiger partial charge in [0.1, 0.15) is 23.2 Å². The van der Waals surface area contributed by atoms with Gasteiger partial charge in [-0.15, -0.1) is 0 Å². The second-order valence-corrected chi connectivity index (χ2v) is 6.59. The van der Waals surface area contributed by atoms with E-state index in [4.69, 9.17) is 16.3 Å². The number of amides is 1. The number of hydrogen-bond donors (Lipinski definition) is 3. The Morgan fingerprint density at radius 1 is 1.41 bits per heavy atom. The minimum atomic E-state index is -4.61. The van der Waals surface area contributed by atoms with E-state index in [1.807, 2.05) is 0 Å². The van der Waals surface area contributed by atoms with Gasteiger partial charge in [0.25, 0.3) is 0 Å². The lowest BCUT2D eigenvalue weighted by Gasteiger charge is -2.31. The molecule has 2 heterocycles. The van der Waals surface area contributed by atoms with Crippen LogP contribution in [0.5, 0.6) is 5.75 Å². The molecule has 1 unspecified atom stereocenters. The molecule has 0 aliphatic carbocycles. The Labute approximate surface area is 168 Å². The molecule has 0 spiro atoms. The molecule has 0 radical (unpaired) electrons. The van der Waals surface area contributed by atoms with Crippen LogP contribution in [0, 0.1) is 0 Å². The minimum absolute atomic E-state index is 0.141. The highest BCUT2D eigenvalue weighted by Crippen LogP contribution is 2.38. The van der Waals surface area contributed by atoms with E-state index in [0.29, 0.717) is 31.3 Å². The topological polar surface area (TPSA) is 99.6 Å². The van der Waals surface area contributed by atoms with Crippen molar-refractivity contribution in [2.24, 2.45) is 0 Å². The number of aromatic hydroxyl groups is 1. The van der Waals surface area contributed by atoms with Gasteiger partial charge in [0, 0.05) is 31.4 Å². The van der Waals surface area contributed by atoms with Crippen LogP contribution >= 0.6 is 11.6 Å². The summed E-state index contributed by atoms with van der Waals surface area (Å²) in [6.07, 6.45) is -3.82. The summed E-state index contributed by atoms with van der Waals surface area (Å²) in [5, 5.41) is 15.6. The Bertz CT molecular complexity index is 913. The lowest BCUT2D eigenvalue weighted by atomic mass is 10.1. The molecule has 3 N–H and O–H groups in total. The number of hydrogen-bond acceptors (Lipinski definition) is 7. The maximum Gasteiger partial charge on any atom is 0.421 e. The molecule has 0 bridgehead atoms. The number of morpholine rings is 1. The van der Waals surface area contributed by atoms with Crippen molar-refractivity contribution in [3.05, 3.63) is 34.5 Å². The summed E-state index contributed by atoms with van der Waals surface area (Å²) in [5.41, 5.74) is -0.432. The number of anilines is 3. The Morgan fingerprint density at radius 3 is 2.83 bits per heavy atom. The number of ether oxygens (including phenoxy) is 1. The third kappa shape index (κ3) is 4.62. The zero-order valence-electron chi connectivity index (χ0n) is 15.1. The van der Waals surface area contributed by atoms with Crippen LogP contribution in [0.2, 0.25) is 5.02 Å². The van der Waals surface area contributed by atoms with Gasteiger partial charge in [-0.05, 0) is 6.07 Å². The zero-order valence-corrected chi connectivity index (χ0v) is 15.9. The molecule has 1 aromatic heterocycles. The Balaban J connectivity index is 1.85. The van der Waals surface area contributed by atoms with Crippen molar-refractivity contribution in [1.82, 2.24) is 14.9 Å². The second-order valence-electron chi connectivity index (χ2n) is 6.18. The molecule has 8 nitrogen and oxygen atoms in total. The molecular formula is C17H17ClF3N5O3. The highest BCUT2D eigenvalue weighted by molar-refractivity contribution is 6.33. The van der Waals surface area contributed by atoms with E-state index in [9.17, 15) is 23.1 Å². The van der Waals surface area contributed by atoms with Gasteiger partial charge < -0.3 is 25.4 Å². The van der Waals surface area contributed by atoms with Crippen LogP contribution in [-0.4, -0.2) is 53.1 Å². The van der Waals surface area contributed by atoms with E-state index in [2.05, 4.69) is 20.6 Å². The number of aromatic nitrogens is 2. The Kier molecular flexibility index (Phi) is 5.99. The van der Waals surface area contributed by atoms with Crippen LogP contribution in [-0.2, 0) is 15.7 Å². The molecule has 29 heavy (non-hydrogen) atoms. The van der Waals surface area contributed by atoms with Crippen molar-refractivity contribution < 1.29 is 27.8 Å². The molecule has 1 fully saturated rings. The summed E-state index contributed by atoms with van der Waals surface area (Å²) in [6.45, 7) is 1.02. The van der Waals surface area contributed by atoms with Crippen molar-refractivity contribution in [2.75, 3.05) is 37.4 Å². The molecule has 1 atom stereocenters. The van der Waals surface area contributed by atoms with Crippen molar-refractivity contribution in [3.63, 3.8) is 0 Å². The van der Waals surface area contributed by atoms with Crippen LogP contribution < -0.4 is 10.6 Å². The predicted molar refractivity (Wildman–Crippen MR) is 99.3 cm³/mol. The number of nitrogens with zero attached hydrogens (tertiary/aromatic N) is 3. The fraction of sp³-hybridized carbons (Fsp3) is 0.353. The van der Waals surface area contributed by atoms with Gasteiger partial charge in [-0.2, -0.15) is 18.2 Å². The van der Waals surface area contributed by atoms with Crippen molar-refractivity contribution in [1.29, 1.82) is 0 Å². The molecule has 1 saturated heterocycles.